The van der Waals surface area contributed by atoms with E-state index in [4.69, 9.17) is 14.2 Å². The zero-order valence-electron chi connectivity index (χ0n) is 16.4. The molecule has 1 saturated heterocycles. The molecule has 0 spiro atoms. The van der Waals surface area contributed by atoms with E-state index in [0.717, 1.165) is 31.1 Å². The quantitative estimate of drug-likeness (QED) is 0.544. The molecule has 1 atom stereocenters. The Morgan fingerprint density at radius 3 is 2.90 bits per heavy atom. The fourth-order valence-corrected chi connectivity index (χ4v) is 4.19. The van der Waals surface area contributed by atoms with Gasteiger partial charge in [0.25, 0.3) is 0 Å². The van der Waals surface area contributed by atoms with Gasteiger partial charge in [-0.2, -0.15) is 4.37 Å². The summed E-state index contributed by atoms with van der Waals surface area (Å²) in [6, 6.07) is 15.4. The molecule has 1 aliphatic rings. The van der Waals surface area contributed by atoms with E-state index < -0.39 is 0 Å². The number of carbonyl (C=O) groups is 1. The number of hydrogen-bond acceptors (Lipinski definition) is 7. The number of fused-ring (bicyclic) bond motifs is 1. The van der Waals surface area contributed by atoms with E-state index in [-0.39, 0.29) is 12.1 Å². The first kappa shape index (κ1) is 19.7. The molecule has 152 valence electrons. The van der Waals surface area contributed by atoms with Gasteiger partial charge in [-0.15, -0.1) is 0 Å². The Morgan fingerprint density at radius 1 is 1.24 bits per heavy atom. The molecule has 4 rings (SSSR count). The van der Waals surface area contributed by atoms with Crippen LogP contribution in [0.1, 0.15) is 23.7 Å². The molecule has 0 aliphatic carbocycles. The maximum atomic E-state index is 11.7. The normalized spacial score (nSPS) is 16.7. The van der Waals surface area contributed by atoms with E-state index in [1.54, 1.807) is 31.2 Å². The molecule has 6 nitrogen and oxygen atoms in total. The van der Waals surface area contributed by atoms with E-state index in [9.17, 15) is 4.79 Å². The number of esters is 1. The number of ether oxygens (including phenoxy) is 3. The second-order valence-corrected chi connectivity index (χ2v) is 7.63. The average Bonchev–Trinajstić information content (AvgIpc) is 3.19. The molecule has 29 heavy (non-hydrogen) atoms. The van der Waals surface area contributed by atoms with Crippen LogP contribution in [-0.2, 0) is 9.47 Å². The summed E-state index contributed by atoms with van der Waals surface area (Å²) in [6.07, 6.45) is 0.890. The molecule has 0 N–H and O–H groups in total. The molecule has 2 heterocycles. The first-order valence-electron chi connectivity index (χ1n) is 9.85. The highest BCUT2D eigenvalue weighted by atomic mass is 32.1. The minimum absolute atomic E-state index is 0.100. The number of aromatic nitrogens is 1. The number of morpholine rings is 1. The lowest BCUT2D eigenvalue weighted by atomic mass is 10.2. The standard InChI is InChI=1S/C22H24N2O4S/c1-2-26-22(25)16-7-9-17(10-8-16)27-13-11-18-15-24(12-14-28-18)21-19-5-3-4-6-20(19)29-23-21/h3-10,18H,2,11-15H2,1H3. The van der Waals surface area contributed by atoms with Gasteiger partial charge in [0.1, 0.15) is 11.6 Å². The van der Waals surface area contributed by atoms with Gasteiger partial charge in [0.2, 0.25) is 0 Å². The summed E-state index contributed by atoms with van der Waals surface area (Å²) in [5.74, 6) is 1.47. The van der Waals surface area contributed by atoms with Crippen molar-refractivity contribution in [2.75, 3.05) is 37.8 Å². The summed E-state index contributed by atoms with van der Waals surface area (Å²) in [5, 5.41) is 1.20. The Kier molecular flexibility index (Phi) is 6.27. The smallest absolute Gasteiger partial charge is 0.338 e. The largest absolute Gasteiger partial charge is 0.493 e. The van der Waals surface area contributed by atoms with E-state index in [2.05, 4.69) is 27.5 Å². The first-order valence-corrected chi connectivity index (χ1v) is 10.6. The van der Waals surface area contributed by atoms with Crippen LogP contribution >= 0.6 is 11.5 Å². The molecule has 0 saturated carbocycles. The summed E-state index contributed by atoms with van der Waals surface area (Å²) < 4.78 is 22.6. The van der Waals surface area contributed by atoms with E-state index >= 15 is 0 Å². The van der Waals surface area contributed by atoms with Crippen LogP contribution in [0.5, 0.6) is 5.75 Å². The van der Waals surface area contributed by atoms with Gasteiger partial charge in [-0.05, 0) is 54.9 Å². The zero-order chi connectivity index (χ0) is 20.1. The highest BCUT2D eigenvalue weighted by Gasteiger charge is 2.23. The van der Waals surface area contributed by atoms with E-state index in [1.165, 1.54) is 21.6 Å². The van der Waals surface area contributed by atoms with Crippen LogP contribution < -0.4 is 9.64 Å². The minimum Gasteiger partial charge on any atom is -0.493 e. The van der Waals surface area contributed by atoms with Crippen molar-refractivity contribution in [2.45, 2.75) is 19.4 Å². The molecular weight excluding hydrogens is 388 g/mol. The lowest BCUT2D eigenvalue weighted by Gasteiger charge is -2.33. The average molecular weight is 413 g/mol. The van der Waals surface area contributed by atoms with Gasteiger partial charge in [0.05, 0.1) is 36.2 Å². The Morgan fingerprint density at radius 2 is 2.07 bits per heavy atom. The van der Waals surface area contributed by atoms with Crippen LogP contribution in [0.2, 0.25) is 0 Å². The van der Waals surface area contributed by atoms with Gasteiger partial charge in [-0.25, -0.2) is 4.79 Å². The Hall–Kier alpha value is -2.64. The third-order valence-corrected chi connectivity index (χ3v) is 5.69. The lowest BCUT2D eigenvalue weighted by molar-refractivity contribution is 0.0267. The Balaban J connectivity index is 1.29. The SMILES string of the molecule is CCOC(=O)c1ccc(OCCC2CN(c3nsc4ccccc34)CCO2)cc1. The number of nitrogens with zero attached hydrogens (tertiary/aromatic N) is 2. The Labute approximate surface area is 174 Å². The summed E-state index contributed by atoms with van der Waals surface area (Å²) in [4.78, 5) is 14.0. The van der Waals surface area contributed by atoms with Crippen molar-refractivity contribution in [2.24, 2.45) is 0 Å². The summed E-state index contributed by atoms with van der Waals surface area (Å²) in [5.41, 5.74) is 0.529. The van der Waals surface area contributed by atoms with Gasteiger partial charge < -0.3 is 19.1 Å². The van der Waals surface area contributed by atoms with Crippen molar-refractivity contribution in [3.05, 3.63) is 54.1 Å². The molecular formula is C22H24N2O4S. The second-order valence-electron chi connectivity index (χ2n) is 6.82. The van der Waals surface area contributed by atoms with Crippen molar-refractivity contribution in [1.82, 2.24) is 4.37 Å². The van der Waals surface area contributed by atoms with Crippen molar-refractivity contribution < 1.29 is 19.0 Å². The van der Waals surface area contributed by atoms with Crippen LogP contribution in [-0.4, -0.2) is 49.4 Å². The third kappa shape index (κ3) is 4.68. The molecule has 1 aromatic heterocycles. The lowest BCUT2D eigenvalue weighted by Crippen LogP contribution is -2.43. The number of carbonyl (C=O) groups excluding carboxylic acids is 1. The second kappa shape index (κ2) is 9.24. The van der Waals surface area contributed by atoms with Crippen LogP contribution in [0.3, 0.4) is 0 Å². The van der Waals surface area contributed by atoms with E-state index in [1.807, 2.05) is 6.07 Å². The topological polar surface area (TPSA) is 60.9 Å². The number of rotatable bonds is 7. The molecule has 1 unspecified atom stereocenters. The van der Waals surface area contributed by atoms with E-state index in [0.29, 0.717) is 25.4 Å². The van der Waals surface area contributed by atoms with Crippen LogP contribution in [0.15, 0.2) is 48.5 Å². The zero-order valence-corrected chi connectivity index (χ0v) is 17.2. The summed E-state index contributed by atoms with van der Waals surface area (Å²) in [7, 11) is 0. The summed E-state index contributed by atoms with van der Waals surface area (Å²) in [6.45, 7) is 5.05. The predicted octanol–water partition coefficient (Wildman–Crippen LogP) is 4.15. The van der Waals surface area contributed by atoms with Gasteiger partial charge in [-0.1, -0.05) is 12.1 Å². The molecule has 3 aromatic rings. The van der Waals surface area contributed by atoms with Crippen molar-refractivity contribution >= 4 is 33.4 Å². The van der Waals surface area contributed by atoms with Gasteiger partial charge >= 0.3 is 5.97 Å². The highest BCUT2D eigenvalue weighted by Crippen LogP contribution is 2.30. The number of anilines is 1. The molecule has 7 heteroatoms. The number of benzene rings is 2. The molecule has 2 aromatic carbocycles. The molecule has 0 bridgehead atoms. The fraction of sp³-hybridized carbons (Fsp3) is 0.364. The fourth-order valence-electron chi connectivity index (χ4n) is 3.40. The van der Waals surface area contributed by atoms with Gasteiger partial charge in [-0.3, -0.25) is 0 Å². The third-order valence-electron chi connectivity index (χ3n) is 4.87. The van der Waals surface area contributed by atoms with Crippen LogP contribution in [0, 0.1) is 0 Å². The number of hydrogen-bond donors (Lipinski definition) is 0. The minimum atomic E-state index is -0.315. The molecule has 0 radical (unpaired) electrons. The maximum Gasteiger partial charge on any atom is 0.338 e. The van der Waals surface area contributed by atoms with Crippen molar-refractivity contribution in [3.8, 4) is 5.75 Å². The molecule has 1 aliphatic heterocycles. The van der Waals surface area contributed by atoms with Crippen molar-refractivity contribution in [1.29, 1.82) is 0 Å². The highest BCUT2D eigenvalue weighted by molar-refractivity contribution is 7.13. The first-order chi connectivity index (χ1) is 14.2. The predicted molar refractivity (Wildman–Crippen MR) is 114 cm³/mol. The van der Waals surface area contributed by atoms with Crippen LogP contribution in [0.25, 0.3) is 10.1 Å². The van der Waals surface area contributed by atoms with Crippen LogP contribution in [0.4, 0.5) is 5.82 Å². The van der Waals surface area contributed by atoms with Crippen molar-refractivity contribution in [3.63, 3.8) is 0 Å². The van der Waals surface area contributed by atoms with Gasteiger partial charge in [0.15, 0.2) is 0 Å². The summed E-state index contributed by atoms with van der Waals surface area (Å²) >= 11 is 1.54. The monoisotopic (exact) mass is 412 g/mol. The molecule has 1 fully saturated rings. The maximum absolute atomic E-state index is 11.7. The Bertz CT molecular complexity index is 957. The van der Waals surface area contributed by atoms with Gasteiger partial charge in [0, 0.05) is 24.9 Å². The molecule has 0 amide bonds.